The second-order valence-electron chi connectivity index (χ2n) is 2.38. The summed E-state index contributed by atoms with van der Waals surface area (Å²) < 4.78 is 1.67. The average Bonchev–Trinajstić information content (AvgIpc) is 2.62. The Balaban J connectivity index is 2.93. The number of aliphatic imine (C=N–C) groups is 1. The fraction of sp³-hybridized carbons (Fsp3) is 0.375. The van der Waals surface area contributed by atoms with E-state index in [4.69, 9.17) is 5.26 Å². The lowest BCUT2D eigenvalue weighted by Gasteiger charge is -1.94. The van der Waals surface area contributed by atoms with Crippen LogP contribution in [0, 0.1) is 11.3 Å². The van der Waals surface area contributed by atoms with Crippen LogP contribution in [0.3, 0.4) is 0 Å². The van der Waals surface area contributed by atoms with E-state index >= 15 is 0 Å². The summed E-state index contributed by atoms with van der Waals surface area (Å²) in [6, 6.07) is 1.09. The molecule has 0 bridgehead atoms. The van der Waals surface area contributed by atoms with Gasteiger partial charge < -0.3 is 0 Å². The van der Waals surface area contributed by atoms with E-state index in [1.807, 2.05) is 13.0 Å². The van der Waals surface area contributed by atoms with Crippen molar-refractivity contribution in [2.45, 2.75) is 19.5 Å². The van der Waals surface area contributed by atoms with Crippen molar-refractivity contribution in [2.75, 3.05) is 0 Å². The molecule has 13 heavy (non-hydrogen) atoms. The Morgan fingerprint density at radius 1 is 1.85 bits per heavy atom. The van der Waals surface area contributed by atoms with E-state index in [9.17, 15) is 4.79 Å². The van der Waals surface area contributed by atoms with E-state index in [1.165, 1.54) is 12.3 Å². The number of hydrogen-bond acceptors (Lipinski definition) is 4. The molecular weight excluding hydrogens is 168 g/mol. The summed E-state index contributed by atoms with van der Waals surface area (Å²) in [5.74, 6) is 0. The number of nitrogens with zero attached hydrogens (tertiary/aromatic N) is 4. The zero-order valence-electron chi connectivity index (χ0n) is 7.14. The predicted molar refractivity (Wildman–Crippen MR) is 44.4 cm³/mol. The van der Waals surface area contributed by atoms with Gasteiger partial charge in [0.15, 0.2) is 6.04 Å². The summed E-state index contributed by atoms with van der Waals surface area (Å²) in [5.41, 5.74) is 0.618. The first kappa shape index (κ1) is 9.17. The third-order valence-electron chi connectivity index (χ3n) is 1.60. The summed E-state index contributed by atoms with van der Waals surface area (Å²) in [6.07, 6.45) is 4.58. The van der Waals surface area contributed by atoms with Crippen molar-refractivity contribution in [3.63, 3.8) is 0 Å². The first-order valence-electron chi connectivity index (χ1n) is 3.80. The molecule has 0 spiro atoms. The smallest absolute Gasteiger partial charge is 0.236 e. The van der Waals surface area contributed by atoms with Gasteiger partial charge in [-0.05, 0) is 6.92 Å². The topological polar surface area (TPSA) is 71.0 Å². The summed E-state index contributed by atoms with van der Waals surface area (Å²) in [6.45, 7) is 2.66. The lowest BCUT2D eigenvalue weighted by molar-refractivity contribution is 0.561. The normalized spacial score (nSPS) is 11.4. The van der Waals surface area contributed by atoms with Crippen molar-refractivity contribution >= 4 is 6.08 Å². The third-order valence-corrected chi connectivity index (χ3v) is 1.60. The van der Waals surface area contributed by atoms with Crippen LogP contribution in [-0.2, 0) is 11.3 Å². The van der Waals surface area contributed by atoms with Crippen LogP contribution in [0.1, 0.15) is 18.5 Å². The molecule has 0 radical (unpaired) electrons. The van der Waals surface area contributed by atoms with Gasteiger partial charge in [0.1, 0.15) is 0 Å². The van der Waals surface area contributed by atoms with Gasteiger partial charge in [-0.25, -0.2) is 4.79 Å². The number of hydrogen-bond donors (Lipinski definition) is 0. The van der Waals surface area contributed by atoms with Gasteiger partial charge in [0.05, 0.1) is 12.3 Å². The van der Waals surface area contributed by atoms with Crippen LogP contribution >= 0.6 is 0 Å². The molecule has 1 atom stereocenters. The van der Waals surface area contributed by atoms with Gasteiger partial charge in [-0.3, -0.25) is 4.68 Å². The fourth-order valence-corrected chi connectivity index (χ4v) is 0.924. The Hall–Kier alpha value is -1.92. The standard InChI is InChI=1S/C8H8N4O/c1-2-12-5-7(4-11-12)8(3-9)10-6-13/h4-5,8H,2H2,1H3. The number of nitriles is 1. The quantitative estimate of drug-likeness (QED) is 0.505. The second-order valence-corrected chi connectivity index (χ2v) is 2.38. The molecule has 0 saturated carbocycles. The van der Waals surface area contributed by atoms with Crippen LogP contribution in [0.2, 0.25) is 0 Å². The molecule has 0 fully saturated rings. The molecule has 0 amide bonds. The van der Waals surface area contributed by atoms with Crippen molar-refractivity contribution in [2.24, 2.45) is 4.99 Å². The Morgan fingerprint density at radius 2 is 2.62 bits per heavy atom. The first-order valence-corrected chi connectivity index (χ1v) is 3.80. The third kappa shape index (κ3) is 2.01. The van der Waals surface area contributed by atoms with Crippen LogP contribution in [0.15, 0.2) is 17.4 Å². The maximum Gasteiger partial charge on any atom is 0.236 e. The number of carbonyl (C=O) groups excluding carboxylic acids is 1. The van der Waals surface area contributed by atoms with Gasteiger partial charge in [-0.15, -0.1) is 0 Å². The number of aromatic nitrogens is 2. The molecule has 5 heteroatoms. The highest BCUT2D eigenvalue weighted by atomic mass is 16.1. The Labute approximate surface area is 75.3 Å². The highest BCUT2D eigenvalue weighted by Crippen LogP contribution is 2.14. The summed E-state index contributed by atoms with van der Waals surface area (Å²) >= 11 is 0. The molecule has 0 aliphatic heterocycles. The van der Waals surface area contributed by atoms with Crippen LogP contribution in [0.4, 0.5) is 0 Å². The predicted octanol–water partition coefficient (Wildman–Crippen LogP) is 0.803. The van der Waals surface area contributed by atoms with Gasteiger partial charge in [-0.1, -0.05) is 0 Å². The Bertz CT molecular complexity index is 370. The molecular formula is C8H8N4O. The monoisotopic (exact) mass is 176 g/mol. The molecule has 1 unspecified atom stereocenters. The minimum atomic E-state index is -0.780. The van der Waals surface area contributed by atoms with Crippen LogP contribution in [-0.4, -0.2) is 15.9 Å². The Morgan fingerprint density at radius 3 is 3.08 bits per heavy atom. The zero-order chi connectivity index (χ0) is 9.68. The van der Waals surface area contributed by atoms with Gasteiger partial charge in [0.2, 0.25) is 6.08 Å². The van der Waals surface area contributed by atoms with Gasteiger partial charge >= 0.3 is 0 Å². The minimum Gasteiger partial charge on any atom is -0.273 e. The highest BCUT2D eigenvalue weighted by molar-refractivity contribution is 5.36. The maximum atomic E-state index is 9.95. The largest absolute Gasteiger partial charge is 0.273 e. The lowest BCUT2D eigenvalue weighted by atomic mass is 10.2. The van der Waals surface area contributed by atoms with E-state index in [0.717, 1.165) is 6.54 Å². The van der Waals surface area contributed by atoms with Gasteiger partial charge in [0.25, 0.3) is 0 Å². The highest BCUT2D eigenvalue weighted by Gasteiger charge is 2.10. The van der Waals surface area contributed by atoms with E-state index in [1.54, 1.807) is 10.9 Å². The fourth-order valence-electron chi connectivity index (χ4n) is 0.924. The van der Waals surface area contributed by atoms with Gasteiger partial charge in [0, 0.05) is 18.3 Å². The van der Waals surface area contributed by atoms with E-state index < -0.39 is 6.04 Å². The Kier molecular flexibility index (Phi) is 2.96. The van der Waals surface area contributed by atoms with Gasteiger partial charge in [-0.2, -0.15) is 15.4 Å². The summed E-state index contributed by atoms with van der Waals surface area (Å²) in [7, 11) is 0. The SMILES string of the molecule is CCn1cc(C(C#N)N=C=O)cn1. The van der Waals surface area contributed by atoms with E-state index in [2.05, 4.69) is 10.1 Å². The second kappa shape index (κ2) is 4.19. The van der Waals surface area contributed by atoms with Crippen molar-refractivity contribution in [1.29, 1.82) is 5.26 Å². The van der Waals surface area contributed by atoms with Crippen LogP contribution < -0.4 is 0 Å². The van der Waals surface area contributed by atoms with Crippen molar-refractivity contribution in [3.05, 3.63) is 18.0 Å². The van der Waals surface area contributed by atoms with E-state index in [0.29, 0.717) is 5.56 Å². The summed E-state index contributed by atoms with van der Waals surface area (Å²) in [4.78, 5) is 13.3. The zero-order valence-corrected chi connectivity index (χ0v) is 7.14. The molecule has 1 aromatic rings. The molecule has 0 aliphatic carbocycles. The van der Waals surface area contributed by atoms with E-state index in [-0.39, 0.29) is 0 Å². The molecule has 1 rings (SSSR count). The number of aryl methyl sites for hydroxylation is 1. The molecule has 1 aromatic heterocycles. The minimum absolute atomic E-state index is 0.618. The lowest BCUT2D eigenvalue weighted by Crippen LogP contribution is -1.93. The molecule has 0 saturated heterocycles. The molecule has 0 aliphatic rings. The molecule has 0 aromatic carbocycles. The average molecular weight is 176 g/mol. The molecule has 0 N–H and O–H groups in total. The first-order chi connectivity index (χ1) is 6.31. The number of isocyanates is 1. The summed E-state index contributed by atoms with van der Waals surface area (Å²) in [5, 5.41) is 12.6. The maximum absolute atomic E-state index is 9.95. The molecule has 5 nitrogen and oxygen atoms in total. The van der Waals surface area contributed by atoms with Crippen molar-refractivity contribution in [3.8, 4) is 6.07 Å². The molecule has 66 valence electrons. The van der Waals surface area contributed by atoms with Crippen molar-refractivity contribution in [1.82, 2.24) is 9.78 Å². The van der Waals surface area contributed by atoms with Crippen LogP contribution in [0.5, 0.6) is 0 Å². The van der Waals surface area contributed by atoms with Crippen LogP contribution in [0.25, 0.3) is 0 Å². The molecule has 1 heterocycles. The number of rotatable bonds is 3. The van der Waals surface area contributed by atoms with Crippen molar-refractivity contribution < 1.29 is 4.79 Å².